The molecule has 3 aliphatic heterocycles. The van der Waals surface area contributed by atoms with Crippen LogP contribution in [0.1, 0.15) is 25.7 Å². The van der Waals surface area contributed by atoms with Gasteiger partial charge in [-0.05, 0) is 56.5 Å². The largest absolute Gasteiger partial charge is 0.395 e. The van der Waals surface area contributed by atoms with Gasteiger partial charge in [-0.2, -0.15) is 0 Å². The summed E-state index contributed by atoms with van der Waals surface area (Å²) in [6.07, 6.45) is 5.32. The molecule has 4 rings (SSSR count). The van der Waals surface area contributed by atoms with Crippen LogP contribution < -0.4 is 5.73 Å². The number of hydrogen-bond acceptors (Lipinski definition) is 3. The summed E-state index contributed by atoms with van der Waals surface area (Å²) in [7, 11) is 0. The van der Waals surface area contributed by atoms with Crippen LogP contribution in [0.4, 0.5) is 0 Å². The Labute approximate surface area is 91.6 Å². The molecule has 0 aromatic heterocycles. The SMILES string of the molecule is NC(CO)C1CC2C3CCN(CC3)C2C1. The zero-order valence-electron chi connectivity index (χ0n) is 9.31. The Morgan fingerprint density at radius 2 is 2.00 bits per heavy atom. The van der Waals surface area contributed by atoms with E-state index in [1.165, 1.54) is 38.8 Å². The molecule has 86 valence electrons. The van der Waals surface area contributed by atoms with E-state index in [9.17, 15) is 0 Å². The van der Waals surface area contributed by atoms with Crippen molar-refractivity contribution in [1.82, 2.24) is 4.90 Å². The average molecular weight is 210 g/mol. The highest BCUT2D eigenvalue weighted by molar-refractivity contribution is 5.01. The molecule has 4 aliphatic rings. The van der Waals surface area contributed by atoms with Crippen molar-refractivity contribution in [2.24, 2.45) is 23.5 Å². The summed E-state index contributed by atoms with van der Waals surface area (Å²) >= 11 is 0. The molecule has 0 spiro atoms. The molecule has 3 N–H and O–H groups in total. The van der Waals surface area contributed by atoms with Crippen LogP contribution in [0, 0.1) is 17.8 Å². The predicted octanol–water partition coefficient (Wildman–Crippen LogP) is 0.426. The molecular formula is C12H22N2O. The number of nitrogens with zero attached hydrogens (tertiary/aromatic N) is 1. The highest BCUT2D eigenvalue weighted by Crippen LogP contribution is 2.48. The first kappa shape index (κ1) is 10.1. The number of aliphatic hydroxyl groups is 1. The molecule has 0 radical (unpaired) electrons. The minimum atomic E-state index is 0.0243. The summed E-state index contributed by atoms with van der Waals surface area (Å²) in [5.41, 5.74) is 5.98. The molecular weight excluding hydrogens is 188 g/mol. The summed E-state index contributed by atoms with van der Waals surface area (Å²) < 4.78 is 0. The van der Waals surface area contributed by atoms with Gasteiger partial charge < -0.3 is 15.7 Å². The monoisotopic (exact) mass is 210 g/mol. The lowest BCUT2D eigenvalue weighted by Crippen LogP contribution is -2.52. The normalized spacial score (nSPS) is 50.4. The van der Waals surface area contributed by atoms with Crippen molar-refractivity contribution in [3.8, 4) is 0 Å². The van der Waals surface area contributed by atoms with Crippen molar-refractivity contribution in [3.05, 3.63) is 0 Å². The van der Waals surface area contributed by atoms with Crippen LogP contribution in [-0.2, 0) is 0 Å². The number of aliphatic hydroxyl groups excluding tert-OH is 1. The van der Waals surface area contributed by atoms with Gasteiger partial charge in [0.05, 0.1) is 6.61 Å². The van der Waals surface area contributed by atoms with Crippen LogP contribution in [0.25, 0.3) is 0 Å². The fourth-order valence-corrected chi connectivity index (χ4v) is 4.19. The molecule has 1 aliphatic carbocycles. The number of nitrogens with two attached hydrogens (primary N) is 1. The molecule has 4 unspecified atom stereocenters. The highest BCUT2D eigenvalue weighted by Gasteiger charge is 2.48. The second kappa shape index (κ2) is 3.72. The second-order valence-electron chi connectivity index (χ2n) is 5.68. The lowest BCUT2D eigenvalue weighted by Gasteiger charge is -2.48. The summed E-state index contributed by atoms with van der Waals surface area (Å²) in [6, 6.07) is 0.830. The first-order valence-electron chi connectivity index (χ1n) is 6.40. The molecule has 3 nitrogen and oxygen atoms in total. The predicted molar refractivity (Wildman–Crippen MR) is 59.4 cm³/mol. The van der Waals surface area contributed by atoms with Gasteiger partial charge in [0.15, 0.2) is 0 Å². The molecule has 2 bridgehead atoms. The van der Waals surface area contributed by atoms with Crippen molar-refractivity contribution in [3.63, 3.8) is 0 Å². The van der Waals surface area contributed by atoms with E-state index in [0.717, 1.165) is 17.9 Å². The highest BCUT2D eigenvalue weighted by atomic mass is 16.3. The Morgan fingerprint density at radius 3 is 2.60 bits per heavy atom. The van der Waals surface area contributed by atoms with Crippen molar-refractivity contribution < 1.29 is 5.11 Å². The summed E-state index contributed by atoms with van der Waals surface area (Å²) in [4.78, 5) is 2.68. The topological polar surface area (TPSA) is 49.5 Å². The van der Waals surface area contributed by atoms with Gasteiger partial charge in [-0.1, -0.05) is 0 Å². The first-order chi connectivity index (χ1) is 7.29. The van der Waals surface area contributed by atoms with Crippen LogP contribution in [0.15, 0.2) is 0 Å². The lowest BCUT2D eigenvalue weighted by atomic mass is 9.75. The molecule has 4 fully saturated rings. The van der Waals surface area contributed by atoms with Crippen LogP contribution in [0.5, 0.6) is 0 Å². The van der Waals surface area contributed by atoms with Crippen LogP contribution in [0.2, 0.25) is 0 Å². The molecule has 0 amide bonds. The number of fused-ring (bicyclic) bond motifs is 2. The van der Waals surface area contributed by atoms with Crippen molar-refractivity contribution >= 4 is 0 Å². The Balaban J connectivity index is 1.73. The van der Waals surface area contributed by atoms with Gasteiger partial charge in [0.2, 0.25) is 0 Å². The van der Waals surface area contributed by atoms with Crippen LogP contribution in [0.3, 0.4) is 0 Å². The Hall–Kier alpha value is -0.120. The van der Waals surface area contributed by atoms with Gasteiger partial charge in [-0.25, -0.2) is 0 Å². The number of hydrogen-bond donors (Lipinski definition) is 2. The average Bonchev–Trinajstić information content (AvgIpc) is 2.76. The lowest BCUT2D eigenvalue weighted by molar-refractivity contribution is 0.00792. The van der Waals surface area contributed by atoms with Crippen LogP contribution >= 0.6 is 0 Å². The Morgan fingerprint density at radius 1 is 1.27 bits per heavy atom. The maximum Gasteiger partial charge on any atom is 0.0585 e. The molecule has 0 aromatic rings. The van der Waals surface area contributed by atoms with Crippen LogP contribution in [-0.4, -0.2) is 41.8 Å². The Bertz CT molecular complexity index is 218. The Kier molecular flexibility index (Phi) is 2.49. The van der Waals surface area contributed by atoms with E-state index in [4.69, 9.17) is 10.8 Å². The first-order valence-corrected chi connectivity index (χ1v) is 6.40. The molecule has 0 aromatic carbocycles. The van der Waals surface area contributed by atoms with Crippen molar-refractivity contribution in [2.45, 2.75) is 37.8 Å². The molecule has 15 heavy (non-hydrogen) atoms. The molecule has 4 atom stereocenters. The van der Waals surface area contributed by atoms with Gasteiger partial charge in [0.25, 0.3) is 0 Å². The van der Waals surface area contributed by atoms with Gasteiger partial charge >= 0.3 is 0 Å². The van der Waals surface area contributed by atoms with E-state index < -0.39 is 0 Å². The number of piperidine rings is 3. The summed E-state index contributed by atoms with van der Waals surface area (Å²) in [5, 5.41) is 9.14. The summed E-state index contributed by atoms with van der Waals surface area (Å²) in [6.45, 7) is 2.79. The minimum Gasteiger partial charge on any atom is -0.395 e. The minimum absolute atomic E-state index is 0.0243. The van der Waals surface area contributed by atoms with E-state index in [1.54, 1.807) is 0 Å². The third-order valence-corrected chi connectivity index (χ3v) is 5.08. The maximum atomic E-state index is 9.14. The quantitative estimate of drug-likeness (QED) is 0.695. The molecule has 3 heterocycles. The van der Waals surface area contributed by atoms with E-state index in [1.807, 2.05) is 0 Å². The molecule has 3 saturated heterocycles. The third kappa shape index (κ3) is 1.52. The van der Waals surface area contributed by atoms with Gasteiger partial charge in [0.1, 0.15) is 0 Å². The van der Waals surface area contributed by atoms with Crippen molar-refractivity contribution in [2.75, 3.05) is 19.7 Å². The zero-order valence-corrected chi connectivity index (χ0v) is 9.31. The second-order valence-corrected chi connectivity index (χ2v) is 5.68. The van der Waals surface area contributed by atoms with E-state index in [-0.39, 0.29) is 12.6 Å². The van der Waals surface area contributed by atoms with E-state index in [2.05, 4.69) is 4.90 Å². The third-order valence-electron chi connectivity index (χ3n) is 5.08. The number of rotatable bonds is 2. The fourth-order valence-electron chi connectivity index (χ4n) is 4.19. The smallest absolute Gasteiger partial charge is 0.0585 e. The molecule has 1 saturated carbocycles. The van der Waals surface area contributed by atoms with E-state index in [0.29, 0.717) is 5.92 Å². The van der Waals surface area contributed by atoms with E-state index >= 15 is 0 Å². The van der Waals surface area contributed by atoms with Gasteiger partial charge in [0, 0.05) is 12.1 Å². The zero-order chi connectivity index (χ0) is 10.4. The van der Waals surface area contributed by atoms with Gasteiger partial charge in [-0.15, -0.1) is 0 Å². The summed E-state index contributed by atoms with van der Waals surface area (Å²) in [5.74, 6) is 2.44. The molecule has 3 heteroatoms. The standard InChI is InChI=1S/C12H22N2O/c13-11(7-15)9-5-10-8-1-3-14(4-2-8)12(10)6-9/h8-12,15H,1-7,13H2. The van der Waals surface area contributed by atoms with Gasteiger partial charge in [-0.3, -0.25) is 0 Å². The van der Waals surface area contributed by atoms with Crippen molar-refractivity contribution in [1.29, 1.82) is 0 Å². The fraction of sp³-hybridized carbons (Fsp3) is 1.00. The maximum absolute atomic E-state index is 9.14.